The van der Waals surface area contributed by atoms with Crippen molar-refractivity contribution in [2.75, 3.05) is 11.5 Å². The fraction of sp³-hybridized carbons (Fsp3) is 0.0233. The zero-order valence-corrected chi connectivity index (χ0v) is 26.0. The average Bonchev–Trinajstić information content (AvgIpc) is 3.61. The summed E-state index contributed by atoms with van der Waals surface area (Å²) in [6, 6.07) is 53.7. The van der Waals surface area contributed by atoms with Gasteiger partial charge in [0.1, 0.15) is 0 Å². The van der Waals surface area contributed by atoms with E-state index in [2.05, 4.69) is 162 Å². The molecule has 4 N–H and O–H groups in total. The third-order valence-electron chi connectivity index (χ3n) is 9.50. The van der Waals surface area contributed by atoms with Gasteiger partial charge in [0.05, 0.1) is 22.1 Å². The number of nitrogen functional groups attached to an aromatic ring is 2. The Kier molecular flexibility index (Phi) is 5.99. The largest absolute Gasteiger partial charge is 0.398 e. The van der Waals surface area contributed by atoms with Crippen molar-refractivity contribution in [3.05, 3.63) is 157 Å². The van der Waals surface area contributed by atoms with Crippen LogP contribution in [0.15, 0.2) is 152 Å². The fourth-order valence-corrected chi connectivity index (χ4v) is 7.28. The molecule has 9 aromatic rings. The standard InChI is InChI=1S/C43H32N4/c1-27-14-23-43-37(24-27)34-10-4-7-13-42(34)47(43)31-21-17-29(18-22-31)36-25-35(38(44)26-39(36)45)28-15-19-30(20-16-28)46-40-11-5-2-8-32(40)33-9-3-6-12-41(33)46/h2-26H,44-45H2,1H3. The van der Waals surface area contributed by atoms with Crippen LogP contribution in [0.3, 0.4) is 0 Å². The lowest BCUT2D eigenvalue weighted by Crippen LogP contribution is -1.98. The van der Waals surface area contributed by atoms with Crippen molar-refractivity contribution < 1.29 is 0 Å². The number of aryl methyl sites for hydroxylation is 1. The molecule has 0 amide bonds. The van der Waals surface area contributed by atoms with E-state index in [4.69, 9.17) is 11.5 Å². The lowest BCUT2D eigenvalue weighted by molar-refractivity contribution is 1.18. The molecule has 0 aliphatic heterocycles. The predicted octanol–water partition coefficient (Wildman–Crippen LogP) is 10.7. The van der Waals surface area contributed by atoms with Gasteiger partial charge in [0.25, 0.3) is 0 Å². The number of fused-ring (bicyclic) bond motifs is 6. The van der Waals surface area contributed by atoms with Crippen molar-refractivity contribution >= 4 is 55.0 Å². The van der Waals surface area contributed by atoms with Crippen LogP contribution in [0.1, 0.15) is 5.56 Å². The van der Waals surface area contributed by atoms with Crippen LogP contribution in [-0.4, -0.2) is 9.13 Å². The molecule has 7 aromatic carbocycles. The molecule has 0 radical (unpaired) electrons. The first kappa shape index (κ1) is 27.1. The van der Waals surface area contributed by atoms with E-state index in [1.165, 1.54) is 49.2 Å². The highest BCUT2D eigenvalue weighted by atomic mass is 15.0. The van der Waals surface area contributed by atoms with Gasteiger partial charge in [0, 0.05) is 55.4 Å². The van der Waals surface area contributed by atoms with Crippen molar-refractivity contribution in [3.63, 3.8) is 0 Å². The van der Waals surface area contributed by atoms with Crippen LogP contribution in [0.5, 0.6) is 0 Å². The van der Waals surface area contributed by atoms with Gasteiger partial charge in [-0.3, -0.25) is 0 Å². The van der Waals surface area contributed by atoms with E-state index in [1.807, 2.05) is 6.07 Å². The minimum atomic E-state index is 0.660. The molecule has 224 valence electrons. The molecule has 0 fully saturated rings. The maximum atomic E-state index is 6.60. The lowest BCUT2D eigenvalue weighted by Gasteiger charge is -2.15. The second-order valence-electron chi connectivity index (χ2n) is 12.4. The van der Waals surface area contributed by atoms with Crippen LogP contribution in [0.25, 0.3) is 77.2 Å². The zero-order chi connectivity index (χ0) is 31.6. The van der Waals surface area contributed by atoms with E-state index in [9.17, 15) is 0 Å². The van der Waals surface area contributed by atoms with Gasteiger partial charge in [-0.15, -0.1) is 0 Å². The van der Waals surface area contributed by atoms with E-state index >= 15 is 0 Å². The van der Waals surface area contributed by atoms with Crippen LogP contribution in [0.4, 0.5) is 11.4 Å². The Balaban J connectivity index is 1.10. The van der Waals surface area contributed by atoms with Crippen molar-refractivity contribution in [2.24, 2.45) is 0 Å². The SMILES string of the molecule is Cc1ccc2c(c1)c1ccccc1n2-c1ccc(-c2cc(-c3ccc(-n4c5ccccc5c5ccccc54)cc3)c(N)cc2N)cc1. The normalized spacial score (nSPS) is 11.7. The summed E-state index contributed by atoms with van der Waals surface area (Å²) in [5, 5.41) is 5.02. The summed E-state index contributed by atoms with van der Waals surface area (Å²) in [6.07, 6.45) is 0. The van der Waals surface area contributed by atoms with Gasteiger partial charge in [0.2, 0.25) is 0 Å². The Bertz CT molecular complexity index is 2580. The maximum absolute atomic E-state index is 6.60. The van der Waals surface area contributed by atoms with Crippen molar-refractivity contribution in [1.29, 1.82) is 0 Å². The minimum absolute atomic E-state index is 0.660. The highest BCUT2D eigenvalue weighted by Gasteiger charge is 2.15. The summed E-state index contributed by atoms with van der Waals surface area (Å²) in [7, 11) is 0. The molecule has 0 atom stereocenters. The molecule has 0 spiro atoms. The van der Waals surface area contributed by atoms with E-state index < -0.39 is 0 Å². The summed E-state index contributed by atoms with van der Waals surface area (Å²) in [5.41, 5.74) is 26.8. The molecule has 9 rings (SSSR count). The summed E-state index contributed by atoms with van der Waals surface area (Å²) >= 11 is 0. The van der Waals surface area contributed by atoms with Gasteiger partial charge in [0.15, 0.2) is 0 Å². The van der Waals surface area contributed by atoms with E-state index in [0.29, 0.717) is 11.4 Å². The fourth-order valence-electron chi connectivity index (χ4n) is 7.28. The van der Waals surface area contributed by atoms with Crippen LogP contribution >= 0.6 is 0 Å². The Morgan fingerprint density at radius 1 is 0.383 bits per heavy atom. The first-order valence-corrected chi connectivity index (χ1v) is 15.9. The molecular formula is C43H32N4. The molecule has 0 unspecified atom stereocenters. The Morgan fingerprint density at radius 2 is 0.787 bits per heavy atom. The smallest absolute Gasteiger partial charge is 0.0541 e. The number of hydrogen-bond acceptors (Lipinski definition) is 2. The molecule has 0 saturated heterocycles. The van der Waals surface area contributed by atoms with Gasteiger partial charge in [-0.2, -0.15) is 0 Å². The molecule has 47 heavy (non-hydrogen) atoms. The summed E-state index contributed by atoms with van der Waals surface area (Å²) in [5.74, 6) is 0. The van der Waals surface area contributed by atoms with Crippen LogP contribution in [0.2, 0.25) is 0 Å². The number of benzene rings is 7. The molecule has 0 saturated carbocycles. The summed E-state index contributed by atoms with van der Waals surface area (Å²) < 4.78 is 4.66. The van der Waals surface area contributed by atoms with Crippen molar-refractivity contribution in [2.45, 2.75) is 6.92 Å². The van der Waals surface area contributed by atoms with Gasteiger partial charge >= 0.3 is 0 Å². The average molecular weight is 605 g/mol. The van der Waals surface area contributed by atoms with Crippen molar-refractivity contribution in [3.8, 4) is 33.6 Å². The number of aromatic nitrogens is 2. The number of nitrogens with two attached hydrogens (primary N) is 2. The monoisotopic (exact) mass is 604 g/mol. The number of anilines is 2. The van der Waals surface area contributed by atoms with E-state index in [0.717, 1.165) is 33.6 Å². The molecule has 4 heteroatoms. The molecule has 2 heterocycles. The van der Waals surface area contributed by atoms with E-state index in [1.54, 1.807) is 0 Å². The highest BCUT2D eigenvalue weighted by molar-refractivity contribution is 6.10. The molecule has 4 nitrogen and oxygen atoms in total. The topological polar surface area (TPSA) is 61.9 Å². The second-order valence-corrected chi connectivity index (χ2v) is 12.4. The van der Waals surface area contributed by atoms with Crippen LogP contribution < -0.4 is 11.5 Å². The zero-order valence-electron chi connectivity index (χ0n) is 26.0. The van der Waals surface area contributed by atoms with Crippen LogP contribution in [0, 0.1) is 6.92 Å². The van der Waals surface area contributed by atoms with E-state index in [-0.39, 0.29) is 0 Å². The second kappa shape index (κ2) is 10.4. The van der Waals surface area contributed by atoms with Gasteiger partial charge in [-0.05, 0) is 84.8 Å². The minimum Gasteiger partial charge on any atom is -0.398 e. The first-order valence-electron chi connectivity index (χ1n) is 15.9. The number of rotatable bonds is 4. The Labute approximate surface area is 272 Å². The van der Waals surface area contributed by atoms with Gasteiger partial charge in [-0.25, -0.2) is 0 Å². The van der Waals surface area contributed by atoms with Crippen molar-refractivity contribution in [1.82, 2.24) is 9.13 Å². The quantitative estimate of drug-likeness (QED) is 0.196. The maximum Gasteiger partial charge on any atom is 0.0541 e. The third-order valence-corrected chi connectivity index (χ3v) is 9.50. The van der Waals surface area contributed by atoms with Gasteiger partial charge in [-0.1, -0.05) is 90.5 Å². The number of hydrogen-bond donors (Lipinski definition) is 2. The van der Waals surface area contributed by atoms with Gasteiger partial charge < -0.3 is 20.6 Å². The highest BCUT2D eigenvalue weighted by Crippen LogP contribution is 2.38. The molecule has 0 aliphatic rings. The number of para-hydroxylation sites is 3. The lowest BCUT2D eigenvalue weighted by atomic mass is 9.95. The van der Waals surface area contributed by atoms with Crippen LogP contribution in [-0.2, 0) is 0 Å². The third kappa shape index (κ3) is 4.23. The summed E-state index contributed by atoms with van der Waals surface area (Å²) in [4.78, 5) is 0. The summed E-state index contributed by atoms with van der Waals surface area (Å²) in [6.45, 7) is 2.14. The predicted molar refractivity (Wildman–Crippen MR) is 200 cm³/mol. The molecule has 0 bridgehead atoms. The molecule has 2 aromatic heterocycles. The molecular weight excluding hydrogens is 573 g/mol. The Morgan fingerprint density at radius 3 is 1.26 bits per heavy atom. The molecule has 0 aliphatic carbocycles. The first-order chi connectivity index (χ1) is 23.0. The Hall–Kier alpha value is -6.26. The number of nitrogens with zero attached hydrogens (tertiary/aromatic N) is 2.